The molecule has 1 nitrogen and oxygen atoms in total. The molecule has 0 saturated heterocycles. The summed E-state index contributed by atoms with van der Waals surface area (Å²) < 4.78 is 1.10. The summed E-state index contributed by atoms with van der Waals surface area (Å²) in [6.07, 6.45) is 6.23. The molecule has 0 atom stereocenters. The van der Waals surface area contributed by atoms with Gasteiger partial charge in [0, 0.05) is 0 Å². The summed E-state index contributed by atoms with van der Waals surface area (Å²) >= 11 is 0. The van der Waals surface area contributed by atoms with Crippen LogP contribution >= 0.6 is 0 Å². The molecule has 0 aromatic rings. The van der Waals surface area contributed by atoms with Crippen molar-refractivity contribution in [2.75, 3.05) is 27.7 Å². The number of unbranched alkanes of at least 4 members (excludes halogenated alkanes) is 3. The first-order valence-electron chi connectivity index (χ1n) is 4.14. The second kappa shape index (κ2) is 4.73. The highest BCUT2D eigenvalue weighted by Crippen LogP contribution is 2.01. The average Bonchev–Trinajstić information content (AvgIpc) is 1.78. The first-order valence-corrected chi connectivity index (χ1v) is 4.14. The Labute approximate surface area is 65.6 Å². The molecular weight excluding hydrogens is 122 g/mol. The van der Waals surface area contributed by atoms with Crippen LogP contribution < -0.4 is 0 Å². The lowest BCUT2D eigenvalue weighted by atomic mass is 10.2. The van der Waals surface area contributed by atoms with Gasteiger partial charge in [0.2, 0.25) is 0 Å². The maximum absolute atomic E-state index is 2.25. The topological polar surface area (TPSA) is 0 Å². The Morgan fingerprint density at radius 2 is 1.70 bits per heavy atom. The maximum Gasteiger partial charge on any atom is 0.0780 e. The molecule has 0 bridgehead atoms. The van der Waals surface area contributed by atoms with Gasteiger partial charge in [0.25, 0.3) is 0 Å². The second-order valence-corrected chi connectivity index (χ2v) is 3.92. The Morgan fingerprint density at radius 1 is 1.10 bits per heavy atom. The summed E-state index contributed by atoms with van der Waals surface area (Å²) in [5, 5.41) is 0. The molecule has 61 valence electrons. The fourth-order valence-corrected chi connectivity index (χ4v) is 0.935. The van der Waals surface area contributed by atoms with Gasteiger partial charge >= 0.3 is 0 Å². The molecule has 0 aromatic carbocycles. The lowest BCUT2D eigenvalue weighted by molar-refractivity contribution is -0.870. The number of quaternary nitrogens is 1. The molecule has 1 radical (unpaired) electrons. The van der Waals surface area contributed by atoms with Crippen molar-refractivity contribution in [2.24, 2.45) is 0 Å². The predicted molar refractivity (Wildman–Crippen MR) is 46.7 cm³/mol. The largest absolute Gasteiger partial charge is 0.331 e. The van der Waals surface area contributed by atoms with Crippen LogP contribution in [0.2, 0.25) is 0 Å². The summed E-state index contributed by atoms with van der Waals surface area (Å²) in [6, 6.07) is 0. The molecule has 0 aromatic heterocycles. The highest BCUT2D eigenvalue weighted by Gasteiger charge is 2.04. The van der Waals surface area contributed by atoms with Crippen LogP contribution in [0.3, 0.4) is 0 Å². The standard InChI is InChI=1S/C9H21N/c1-5-6-7-8-9-10(2,3)4/h5H,6-9H2,1-4H3/q+1. The van der Waals surface area contributed by atoms with Gasteiger partial charge < -0.3 is 4.48 Å². The summed E-state index contributed by atoms with van der Waals surface area (Å²) in [7, 11) is 6.74. The molecular formula is C9H21N+. The molecule has 0 saturated carbocycles. The lowest BCUT2D eigenvalue weighted by Gasteiger charge is -2.23. The lowest BCUT2D eigenvalue weighted by Crippen LogP contribution is -2.35. The van der Waals surface area contributed by atoms with Crippen LogP contribution in [0.5, 0.6) is 0 Å². The zero-order chi connectivity index (χ0) is 8.04. The van der Waals surface area contributed by atoms with Gasteiger partial charge in [0.15, 0.2) is 0 Å². The maximum atomic E-state index is 2.25. The molecule has 0 spiro atoms. The third-order valence-corrected chi connectivity index (χ3v) is 1.57. The van der Waals surface area contributed by atoms with Gasteiger partial charge in [-0.15, -0.1) is 0 Å². The van der Waals surface area contributed by atoms with E-state index >= 15 is 0 Å². The quantitative estimate of drug-likeness (QED) is 0.408. The molecule has 0 rings (SSSR count). The Kier molecular flexibility index (Phi) is 4.71. The van der Waals surface area contributed by atoms with Gasteiger partial charge in [-0.3, -0.25) is 0 Å². The Balaban J connectivity index is 3.04. The third-order valence-electron chi connectivity index (χ3n) is 1.57. The average molecular weight is 143 g/mol. The minimum Gasteiger partial charge on any atom is -0.331 e. The van der Waals surface area contributed by atoms with E-state index in [0.29, 0.717) is 0 Å². The molecule has 0 amide bonds. The first-order chi connectivity index (χ1) is 4.56. The Morgan fingerprint density at radius 3 is 2.10 bits per heavy atom. The second-order valence-electron chi connectivity index (χ2n) is 3.92. The van der Waals surface area contributed by atoms with Crippen molar-refractivity contribution in [3.05, 3.63) is 6.42 Å². The molecule has 0 aliphatic heterocycles. The normalized spacial score (nSPS) is 12.0. The molecule has 0 unspecified atom stereocenters. The van der Waals surface area contributed by atoms with Crippen molar-refractivity contribution in [1.29, 1.82) is 0 Å². The van der Waals surface area contributed by atoms with E-state index in [1.807, 2.05) is 0 Å². The molecule has 0 N–H and O–H groups in total. The van der Waals surface area contributed by atoms with Gasteiger partial charge in [-0.05, 0) is 19.3 Å². The number of rotatable bonds is 5. The first kappa shape index (κ1) is 9.96. The highest BCUT2D eigenvalue weighted by molar-refractivity contribution is 4.54. The Hall–Kier alpha value is -0.0400. The van der Waals surface area contributed by atoms with Crippen LogP contribution in [-0.2, 0) is 0 Å². The van der Waals surface area contributed by atoms with Crippen molar-refractivity contribution < 1.29 is 4.48 Å². The number of nitrogens with zero attached hydrogens (tertiary/aromatic N) is 1. The van der Waals surface area contributed by atoms with Crippen LogP contribution in [-0.4, -0.2) is 32.2 Å². The van der Waals surface area contributed by atoms with Gasteiger partial charge in [0.1, 0.15) is 0 Å². The fourth-order valence-electron chi connectivity index (χ4n) is 0.935. The minimum absolute atomic E-state index is 1.10. The van der Waals surface area contributed by atoms with Crippen molar-refractivity contribution >= 4 is 0 Å². The molecule has 0 aliphatic carbocycles. The van der Waals surface area contributed by atoms with Crippen LogP contribution in [0, 0.1) is 6.42 Å². The van der Waals surface area contributed by atoms with Crippen LogP contribution in [0.1, 0.15) is 26.2 Å². The summed E-state index contributed by atoms with van der Waals surface area (Å²) in [5.41, 5.74) is 0. The van der Waals surface area contributed by atoms with Gasteiger partial charge in [-0.25, -0.2) is 0 Å². The summed E-state index contributed by atoms with van der Waals surface area (Å²) in [5.74, 6) is 0. The van der Waals surface area contributed by atoms with E-state index in [2.05, 4.69) is 34.5 Å². The molecule has 0 heterocycles. The predicted octanol–water partition coefficient (Wildman–Crippen LogP) is 2.09. The van der Waals surface area contributed by atoms with Gasteiger partial charge in [0.05, 0.1) is 27.7 Å². The smallest absolute Gasteiger partial charge is 0.0780 e. The Bertz CT molecular complexity index is 71.3. The van der Waals surface area contributed by atoms with Gasteiger partial charge in [-0.1, -0.05) is 13.3 Å². The van der Waals surface area contributed by atoms with E-state index in [0.717, 1.165) is 4.48 Å². The third kappa shape index (κ3) is 7.96. The van der Waals surface area contributed by atoms with Crippen molar-refractivity contribution in [3.8, 4) is 0 Å². The van der Waals surface area contributed by atoms with E-state index < -0.39 is 0 Å². The van der Waals surface area contributed by atoms with Crippen LogP contribution in [0.25, 0.3) is 0 Å². The monoisotopic (exact) mass is 143 g/mol. The van der Waals surface area contributed by atoms with Crippen molar-refractivity contribution in [3.63, 3.8) is 0 Å². The minimum atomic E-state index is 1.10. The molecule has 10 heavy (non-hydrogen) atoms. The van der Waals surface area contributed by atoms with E-state index in [-0.39, 0.29) is 0 Å². The fraction of sp³-hybridized carbons (Fsp3) is 0.889. The summed E-state index contributed by atoms with van der Waals surface area (Å²) in [4.78, 5) is 0. The number of hydrogen-bond acceptors (Lipinski definition) is 0. The van der Waals surface area contributed by atoms with Crippen molar-refractivity contribution in [2.45, 2.75) is 26.2 Å². The van der Waals surface area contributed by atoms with E-state index in [9.17, 15) is 0 Å². The van der Waals surface area contributed by atoms with Gasteiger partial charge in [-0.2, -0.15) is 0 Å². The van der Waals surface area contributed by atoms with Crippen LogP contribution in [0.4, 0.5) is 0 Å². The van der Waals surface area contributed by atoms with Crippen LogP contribution in [0.15, 0.2) is 0 Å². The van der Waals surface area contributed by atoms with E-state index in [1.165, 1.54) is 25.8 Å². The summed E-state index contributed by atoms with van der Waals surface area (Å²) in [6.45, 7) is 3.43. The molecule has 0 fully saturated rings. The highest BCUT2D eigenvalue weighted by atomic mass is 15.3. The SMILES string of the molecule is C[CH]CCCC[N+](C)(C)C. The van der Waals surface area contributed by atoms with E-state index in [4.69, 9.17) is 0 Å². The zero-order valence-corrected chi connectivity index (χ0v) is 7.85. The molecule has 1 heteroatoms. The molecule has 0 aliphatic rings. The zero-order valence-electron chi connectivity index (χ0n) is 7.85. The van der Waals surface area contributed by atoms with E-state index in [1.54, 1.807) is 0 Å². The van der Waals surface area contributed by atoms with Crippen molar-refractivity contribution in [1.82, 2.24) is 0 Å². The number of hydrogen-bond donors (Lipinski definition) is 0.